The van der Waals surface area contributed by atoms with Gasteiger partial charge in [0, 0.05) is 12.4 Å². The fraction of sp³-hybridized carbons (Fsp3) is 0.0625. The first-order valence-electron chi connectivity index (χ1n) is 6.49. The number of hydrogen-bond acceptors (Lipinski definition) is 3. The third-order valence-electron chi connectivity index (χ3n) is 3.23. The van der Waals surface area contributed by atoms with E-state index in [2.05, 4.69) is 10.3 Å². The smallest absolute Gasteiger partial charge is 0.281 e. The van der Waals surface area contributed by atoms with Gasteiger partial charge < -0.3 is 5.32 Å². The summed E-state index contributed by atoms with van der Waals surface area (Å²) in [6.45, 7) is 1.95. The first-order valence-corrected chi connectivity index (χ1v) is 6.90. The van der Waals surface area contributed by atoms with Crippen molar-refractivity contribution in [1.29, 1.82) is 0 Å². The van der Waals surface area contributed by atoms with Crippen molar-refractivity contribution < 1.29 is 4.79 Å². The standard InChI is InChI=1S/C16H13N3OS/c1-11-5-2-3-7-14(11)19-15(20)13(18-16(19)21)9-12-6-4-8-17-10-12/h2-10H,1H3,(H,18,21)/b13-9-. The molecule has 0 unspecified atom stereocenters. The van der Waals surface area contributed by atoms with E-state index in [1.807, 2.05) is 43.3 Å². The number of amides is 1. The number of pyridine rings is 1. The molecule has 0 aliphatic carbocycles. The van der Waals surface area contributed by atoms with Crippen molar-refractivity contribution >= 4 is 35.0 Å². The zero-order valence-corrected chi connectivity index (χ0v) is 12.2. The SMILES string of the molecule is Cc1ccccc1N1C(=O)/C(=C/c2cccnc2)NC1=S. The number of carbonyl (C=O) groups excluding carboxylic acids is 1. The summed E-state index contributed by atoms with van der Waals surface area (Å²) in [5.74, 6) is -0.154. The number of carbonyl (C=O) groups is 1. The number of aromatic nitrogens is 1. The maximum absolute atomic E-state index is 12.6. The second-order valence-corrected chi connectivity index (χ2v) is 5.09. The quantitative estimate of drug-likeness (QED) is 0.683. The van der Waals surface area contributed by atoms with Crippen LogP contribution in [0.1, 0.15) is 11.1 Å². The summed E-state index contributed by atoms with van der Waals surface area (Å²) in [6, 6.07) is 11.4. The number of anilines is 1. The van der Waals surface area contributed by atoms with Crippen molar-refractivity contribution in [3.05, 3.63) is 65.6 Å². The molecule has 1 saturated heterocycles. The first-order chi connectivity index (χ1) is 10.2. The summed E-state index contributed by atoms with van der Waals surface area (Å²) in [7, 11) is 0. The molecule has 0 radical (unpaired) electrons. The molecule has 1 aromatic carbocycles. The molecule has 5 heteroatoms. The van der Waals surface area contributed by atoms with Crippen molar-refractivity contribution in [2.24, 2.45) is 0 Å². The van der Waals surface area contributed by atoms with E-state index in [-0.39, 0.29) is 5.91 Å². The summed E-state index contributed by atoms with van der Waals surface area (Å²) in [5.41, 5.74) is 3.10. The summed E-state index contributed by atoms with van der Waals surface area (Å²) in [5, 5.41) is 3.36. The molecule has 0 atom stereocenters. The van der Waals surface area contributed by atoms with E-state index in [1.54, 1.807) is 18.5 Å². The molecule has 0 bridgehead atoms. The number of aryl methyl sites for hydroxylation is 1. The Labute approximate surface area is 128 Å². The minimum Gasteiger partial charge on any atom is -0.327 e. The molecule has 1 aliphatic heterocycles. The number of thiocarbonyl (C=S) groups is 1. The first kappa shape index (κ1) is 13.5. The monoisotopic (exact) mass is 295 g/mol. The Morgan fingerprint density at radius 1 is 1.24 bits per heavy atom. The molecule has 2 aromatic rings. The zero-order valence-electron chi connectivity index (χ0n) is 11.4. The van der Waals surface area contributed by atoms with Crippen LogP contribution in [0, 0.1) is 6.92 Å². The summed E-state index contributed by atoms with van der Waals surface area (Å²) >= 11 is 5.29. The third-order valence-corrected chi connectivity index (χ3v) is 3.51. The van der Waals surface area contributed by atoms with Gasteiger partial charge in [0.25, 0.3) is 5.91 Å². The van der Waals surface area contributed by atoms with Crippen LogP contribution in [-0.2, 0) is 4.79 Å². The Morgan fingerprint density at radius 3 is 2.76 bits per heavy atom. The highest BCUT2D eigenvalue weighted by molar-refractivity contribution is 7.80. The summed E-state index contributed by atoms with van der Waals surface area (Å²) in [6.07, 6.45) is 5.14. The number of benzene rings is 1. The molecular formula is C16H13N3OS. The summed E-state index contributed by atoms with van der Waals surface area (Å²) < 4.78 is 0. The van der Waals surface area contributed by atoms with Gasteiger partial charge in [0.2, 0.25) is 0 Å². The fourth-order valence-electron chi connectivity index (χ4n) is 2.20. The van der Waals surface area contributed by atoms with Crippen LogP contribution in [0.25, 0.3) is 6.08 Å². The van der Waals surface area contributed by atoms with Gasteiger partial charge in [-0.25, -0.2) is 0 Å². The minimum atomic E-state index is -0.154. The maximum atomic E-state index is 12.6. The Bertz CT molecular complexity index is 740. The molecular weight excluding hydrogens is 282 g/mol. The minimum absolute atomic E-state index is 0.154. The van der Waals surface area contributed by atoms with Crippen LogP contribution >= 0.6 is 12.2 Å². The molecule has 1 amide bonds. The molecule has 104 valence electrons. The van der Waals surface area contributed by atoms with E-state index < -0.39 is 0 Å². The second kappa shape index (κ2) is 5.46. The molecule has 0 spiro atoms. The lowest BCUT2D eigenvalue weighted by Crippen LogP contribution is -2.30. The maximum Gasteiger partial charge on any atom is 0.281 e. The molecule has 2 heterocycles. The van der Waals surface area contributed by atoms with E-state index in [1.165, 1.54) is 4.90 Å². The van der Waals surface area contributed by atoms with E-state index in [4.69, 9.17) is 12.2 Å². The van der Waals surface area contributed by atoms with Crippen molar-refractivity contribution in [3.63, 3.8) is 0 Å². The van der Waals surface area contributed by atoms with Gasteiger partial charge in [-0.05, 0) is 48.5 Å². The van der Waals surface area contributed by atoms with E-state index in [9.17, 15) is 4.79 Å². The zero-order chi connectivity index (χ0) is 14.8. The van der Waals surface area contributed by atoms with Gasteiger partial charge in [-0.15, -0.1) is 0 Å². The van der Waals surface area contributed by atoms with Crippen LogP contribution < -0.4 is 10.2 Å². The lowest BCUT2D eigenvalue weighted by molar-refractivity contribution is -0.113. The van der Waals surface area contributed by atoms with Gasteiger partial charge in [0.1, 0.15) is 5.70 Å². The Morgan fingerprint density at radius 2 is 2.05 bits per heavy atom. The molecule has 1 N–H and O–H groups in total. The molecule has 3 rings (SSSR count). The predicted molar refractivity (Wildman–Crippen MR) is 86.6 cm³/mol. The topological polar surface area (TPSA) is 45.2 Å². The molecule has 1 aromatic heterocycles. The van der Waals surface area contributed by atoms with Crippen LogP contribution in [0.3, 0.4) is 0 Å². The van der Waals surface area contributed by atoms with Crippen LogP contribution in [0.2, 0.25) is 0 Å². The highest BCUT2D eigenvalue weighted by atomic mass is 32.1. The number of hydrogen-bond donors (Lipinski definition) is 1. The van der Waals surface area contributed by atoms with Crippen molar-refractivity contribution in [1.82, 2.24) is 10.3 Å². The van der Waals surface area contributed by atoms with E-state index in [0.717, 1.165) is 16.8 Å². The highest BCUT2D eigenvalue weighted by Crippen LogP contribution is 2.25. The van der Waals surface area contributed by atoms with Gasteiger partial charge in [0.05, 0.1) is 5.69 Å². The number of nitrogens with zero attached hydrogens (tertiary/aromatic N) is 2. The highest BCUT2D eigenvalue weighted by Gasteiger charge is 2.32. The normalized spacial score (nSPS) is 16.4. The lowest BCUT2D eigenvalue weighted by atomic mass is 10.2. The summed E-state index contributed by atoms with van der Waals surface area (Å²) in [4.78, 5) is 18.1. The largest absolute Gasteiger partial charge is 0.327 e. The van der Waals surface area contributed by atoms with Gasteiger partial charge in [-0.3, -0.25) is 14.7 Å². The van der Waals surface area contributed by atoms with Gasteiger partial charge in [-0.2, -0.15) is 0 Å². The lowest BCUT2D eigenvalue weighted by Gasteiger charge is -2.16. The van der Waals surface area contributed by atoms with Crippen LogP contribution in [0.15, 0.2) is 54.5 Å². The molecule has 21 heavy (non-hydrogen) atoms. The third kappa shape index (κ3) is 2.55. The van der Waals surface area contributed by atoms with Crippen LogP contribution in [-0.4, -0.2) is 16.0 Å². The Kier molecular flexibility index (Phi) is 3.50. The van der Waals surface area contributed by atoms with Gasteiger partial charge in [-0.1, -0.05) is 24.3 Å². The Hall–Kier alpha value is -2.53. The van der Waals surface area contributed by atoms with Crippen molar-refractivity contribution in [3.8, 4) is 0 Å². The molecule has 1 fully saturated rings. The number of para-hydroxylation sites is 1. The molecule has 4 nitrogen and oxygen atoms in total. The van der Waals surface area contributed by atoms with Crippen LogP contribution in [0.5, 0.6) is 0 Å². The van der Waals surface area contributed by atoms with Crippen molar-refractivity contribution in [2.75, 3.05) is 4.90 Å². The van der Waals surface area contributed by atoms with Crippen molar-refractivity contribution in [2.45, 2.75) is 6.92 Å². The van der Waals surface area contributed by atoms with E-state index >= 15 is 0 Å². The fourth-order valence-corrected chi connectivity index (χ4v) is 2.49. The second-order valence-electron chi connectivity index (χ2n) is 4.70. The average Bonchev–Trinajstić information content (AvgIpc) is 2.76. The predicted octanol–water partition coefficient (Wildman–Crippen LogP) is 2.65. The molecule has 0 saturated carbocycles. The van der Waals surface area contributed by atoms with Gasteiger partial charge in [0.15, 0.2) is 5.11 Å². The number of nitrogens with one attached hydrogen (secondary N) is 1. The van der Waals surface area contributed by atoms with E-state index in [0.29, 0.717) is 10.8 Å². The average molecular weight is 295 g/mol. The Balaban J connectivity index is 1.97. The van der Waals surface area contributed by atoms with Crippen LogP contribution in [0.4, 0.5) is 5.69 Å². The van der Waals surface area contributed by atoms with Gasteiger partial charge >= 0.3 is 0 Å². The number of rotatable bonds is 2. The molecule has 1 aliphatic rings.